The Hall–Kier alpha value is -1.65. The van der Waals surface area contributed by atoms with Crippen molar-refractivity contribution >= 4 is 10.9 Å². The first kappa shape index (κ1) is 12.8. The first-order chi connectivity index (χ1) is 8.35. The molecule has 18 heavy (non-hydrogen) atoms. The van der Waals surface area contributed by atoms with E-state index in [2.05, 4.69) is 0 Å². The van der Waals surface area contributed by atoms with Crippen LogP contribution in [-0.4, -0.2) is 16.8 Å². The molecule has 0 bridgehead atoms. The number of ether oxygens (including phenoxy) is 1. The highest BCUT2D eigenvalue weighted by Crippen LogP contribution is 2.26. The predicted octanol–water partition coefficient (Wildman–Crippen LogP) is 3.99. The summed E-state index contributed by atoms with van der Waals surface area (Å²) in [7, 11) is 0. The first-order valence-corrected chi connectivity index (χ1v) is 5.67. The van der Waals surface area contributed by atoms with Crippen molar-refractivity contribution in [1.82, 2.24) is 4.57 Å². The van der Waals surface area contributed by atoms with Gasteiger partial charge in [-0.15, -0.1) is 0 Å². The summed E-state index contributed by atoms with van der Waals surface area (Å²) in [5.41, 5.74) is 0.559. The van der Waals surface area contributed by atoms with Crippen molar-refractivity contribution in [3.8, 4) is 5.75 Å². The highest BCUT2D eigenvalue weighted by molar-refractivity contribution is 5.81. The van der Waals surface area contributed by atoms with Crippen LogP contribution in [0.2, 0.25) is 0 Å². The van der Waals surface area contributed by atoms with Gasteiger partial charge in [0.25, 0.3) is 0 Å². The summed E-state index contributed by atoms with van der Waals surface area (Å²) in [6.07, 6.45) is -2.73. The smallest absolute Gasteiger partial charge is 0.406 e. The highest BCUT2D eigenvalue weighted by atomic mass is 19.4. The molecule has 2 aromatic rings. The maximum absolute atomic E-state index is 12.4. The van der Waals surface area contributed by atoms with E-state index in [9.17, 15) is 13.2 Å². The molecule has 1 heterocycles. The Bertz CT molecular complexity index is 543. The van der Waals surface area contributed by atoms with E-state index in [1.165, 1.54) is 10.8 Å². The van der Waals surface area contributed by atoms with E-state index in [0.29, 0.717) is 11.3 Å². The summed E-state index contributed by atoms with van der Waals surface area (Å²) in [6.45, 7) is 2.83. The van der Waals surface area contributed by atoms with Crippen molar-refractivity contribution in [1.29, 1.82) is 0 Å². The van der Waals surface area contributed by atoms with Gasteiger partial charge in [0, 0.05) is 17.1 Å². The van der Waals surface area contributed by atoms with Crippen molar-refractivity contribution in [3.05, 3.63) is 30.5 Å². The molecule has 0 spiro atoms. The van der Waals surface area contributed by atoms with Crippen molar-refractivity contribution in [3.63, 3.8) is 0 Å². The van der Waals surface area contributed by atoms with Crippen LogP contribution in [0.25, 0.3) is 10.9 Å². The molecule has 1 aromatic heterocycles. The fourth-order valence-electron chi connectivity index (χ4n) is 1.85. The molecule has 2 rings (SSSR count). The summed E-state index contributed by atoms with van der Waals surface area (Å²) >= 11 is 0. The predicted molar refractivity (Wildman–Crippen MR) is 63.8 cm³/mol. The Labute approximate surface area is 103 Å². The lowest BCUT2D eigenvalue weighted by molar-refractivity contribution is -0.139. The number of rotatable bonds is 3. The van der Waals surface area contributed by atoms with Crippen LogP contribution in [0.15, 0.2) is 30.5 Å². The quantitative estimate of drug-likeness (QED) is 0.810. The molecule has 0 fully saturated rings. The molecule has 0 saturated carbocycles. The zero-order valence-corrected chi connectivity index (χ0v) is 10.2. The van der Waals surface area contributed by atoms with Gasteiger partial charge in [0.15, 0.2) is 0 Å². The molecular weight excluding hydrogens is 243 g/mol. The van der Waals surface area contributed by atoms with Crippen LogP contribution in [0, 0.1) is 0 Å². The summed E-state index contributed by atoms with van der Waals surface area (Å²) in [5.74, 6) is 0.669. The molecule has 98 valence electrons. The van der Waals surface area contributed by atoms with Gasteiger partial charge >= 0.3 is 6.18 Å². The summed E-state index contributed by atoms with van der Waals surface area (Å²) < 4.78 is 43.7. The van der Waals surface area contributed by atoms with Crippen molar-refractivity contribution in [2.75, 3.05) is 0 Å². The minimum absolute atomic E-state index is 0.0414. The van der Waals surface area contributed by atoms with E-state index in [-0.39, 0.29) is 6.10 Å². The van der Waals surface area contributed by atoms with Gasteiger partial charge in [-0.3, -0.25) is 0 Å². The van der Waals surface area contributed by atoms with Crippen LogP contribution in [0.4, 0.5) is 13.2 Å². The number of hydrogen-bond donors (Lipinski definition) is 0. The molecule has 1 aromatic carbocycles. The van der Waals surface area contributed by atoms with Crippen LogP contribution >= 0.6 is 0 Å². The number of fused-ring (bicyclic) bond motifs is 1. The van der Waals surface area contributed by atoms with Crippen LogP contribution in [0.5, 0.6) is 5.75 Å². The minimum Gasteiger partial charge on any atom is -0.491 e. The van der Waals surface area contributed by atoms with Gasteiger partial charge in [-0.2, -0.15) is 13.2 Å². The van der Waals surface area contributed by atoms with Crippen molar-refractivity contribution < 1.29 is 17.9 Å². The molecule has 5 heteroatoms. The Balaban J connectivity index is 2.32. The lowest BCUT2D eigenvalue weighted by atomic mass is 10.2. The van der Waals surface area contributed by atoms with Crippen LogP contribution in [0.1, 0.15) is 13.8 Å². The number of alkyl halides is 3. The lowest BCUT2D eigenvalue weighted by Crippen LogP contribution is -2.16. The monoisotopic (exact) mass is 257 g/mol. The van der Waals surface area contributed by atoms with Gasteiger partial charge in [-0.1, -0.05) is 0 Å². The normalized spacial score (nSPS) is 12.3. The molecule has 0 N–H and O–H groups in total. The van der Waals surface area contributed by atoms with Gasteiger partial charge in [0.05, 0.1) is 6.10 Å². The van der Waals surface area contributed by atoms with E-state index in [4.69, 9.17) is 4.74 Å². The highest BCUT2D eigenvalue weighted by Gasteiger charge is 2.28. The largest absolute Gasteiger partial charge is 0.491 e. The van der Waals surface area contributed by atoms with Crippen LogP contribution in [0.3, 0.4) is 0 Å². The molecular formula is C13H14F3NO. The Morgan fingerprint density at radius 2 is 1.94 bits per heavy atom. The van der Waals surface area contributed by atoms with Gasteiger partial charge in [-0.05, 0) is 38.1 Å². The lowest BCUT2D eigenvalue weighted by Gasteiger charge is -2.11. The SMILES string of the molecule is CC(C)Oc1ccc2c(ccn2CC(F)(F)F)c1. The third kappa shape index (κ3) is 2.97. The van der Waals surface area contributed by atoms with Gasteiger partial charge in [-0.25, -0.2) is 0 Å². The zero-order valence-electron chi connectivity index (χ0n) is 10.2. The van der Waals surface area contributed by atoms with Gasteiger partial charge < -0.3 is 9.30 Å². The molecule has 0 unspecified atom stereocenters. The second-order valence-electron chi connectivity index (χ2n) is 4.45. The first-order valence-electron chi connectivity index (χ1n) is 5.67. The molecule has 2 nitrogen and oxygen atoms in total. The third-order valence-corrected chi connectivity index (χ3v) is 2.46. The van der Waals surface area contributed by atoms with Gasteiger partial charge in [0.2, 0.25) is 0 Å². The maximum atomic E-state index is 12.4. The summed E-state index contributed by atoms with van der Waals surface area (Å²) in [4.78, 5) is 0. The number of benzene rings is 1. The van der Waals surface area contributed by atoms with E-state index in [0.717, 1.165) is 5.39 Å². The molecule has 0 aliphatic rings. The van der Waals surface area contributed by atoms with E-state index in [1.807, 2.05) is 13.8 Å². The molecule has 0 aliphatic carbocycles. The van der Waals surface area contributed by atoms with Crippen molar-refractivity contribution in [2.45, 2.75) is 32.7 Å². The van der Waals surface area contributed by atoms with Crippen LogP contribution < -0.4 is 4.74 Å². The molecule has 0 radical (unpaired) electrons. The number of hydrogen-bond acceptors (Lipinski definition) is 1. The fraction of sp³-hybridized carbons (Fsp3) is 0.385. The molecule has 0 saturated heterocycles. The second kappa shape index (κ2) is 4.55. The van der Waals surface area contributed by atoms with E-state index >= 15 is 0 Å². The van der Waals surface area contributed by atoms with Gasteiger partial charge in [0.1, 0.15) is 12.3 Å². The van der Waals surface area contributed by atoms with Crippen LogP contribution in [-0.2, 0) is 6.54 Å². The standard InChI is InChI=1S/C13H14F3NO/c1-9(2)18-11-3-4-12-10(7-11)5-6-17(12)8-13(14,15)16/h3-7,9H,8H2,1-2H3. The third-order valence-electron chi connectivity index (χ3n) is 2.46. The van der Waals surface area contributed by atoms with Crippen molar-refractivity contribution in [2.24, 2.45) is 0 Å². The number of nitrogens with zero attached hydrogens (tertiary/aromatic N) is 1. The summed E-state index contributed by atoms with van der Waals surface area (Å²) in [6, 6.07) is 6.75. The zero-order chi connectivity index (χ0) is 13.3. The summed E-state index contributed by atoms with van der Waals surface area (Å²) in [5, 5.41) is 0.748. The Morgan fingerprint density at radius 1 is 1.22 bits per heavy atom. The maximum Gasteiger partial charge on any atom is 0.406 e. The number of halogens is 3. The average Bonchev–Trinajstić information content (AvgIpc) is 2.57. The van der Waals surface area contributed by atoms with E-state index < -0.39 is 12.7 Å². The topological polar surface area (TPSA) is 14.2 Å². The molecule has 0 aliphatic heterocycles. The Kier molecular flexibility index (Phi) is 3.24. The second-order valence-corrected chi connectivity index (χ2v) is 4.45. The number of aromatic nitrogens is 1. The molecule has 0 amide bonds. The molecule has 0 atom stereocenters. The Morgan fingerprint density at radius 3 is 2.56 bits per heavy atom. The fourth-order valence-corrected chi connectivity index (χ4v) is 1.85. The average molecular weight is 257 g/mol. The van der Waals surface area contributed by atoms with E-state index in [1.54, 1.807) is 24.3 Å². The minimum atomic E-state index is -4.21.